The Bertz CT molecular complexity index is 341. The maximum atomic E-state index is 10.4. The van der Waals surface area contributed by atoms with E-state index in [2.05, 4.69) is 19.2 Å². The number of nitrogens with zero attached hydrogens (tertiary/aromatic N) is 1. The SMILES string of the molecule is CCSCC(C)NCc1ccc([N+](=O)[O-])o1. The van der Waals surface area contributed by atoms with Gasteiger partial charge in [0.1, 0.15) is 10.7 Å². The molecule has 1 atom stereocenters. The third-order valence-electron chi connectivity index (χ3n) is 2.02. The lowest BCUT2D eigenvalue weighted by atomic mass is 10.3. The van der Waals surface area contributed by atoms with Crippen molar-refractivity contribution < 1.29 is 9.34 Å². The summed E-state index contributed by atoms with van der Waals surface area (Å²) in [5, 5.41) is 13.6. The Morgan fingerprint density at radius 1 is 1.62 bits per heavy atom. The van der Waals surface area contributed by atoms with Gasteiger partial charge in [0.2, 0.25) is 0 Å². The summed E-state index contributed by atoms with van der Waals surface area (Å²) < 4.78 is 5.03. The average molecular weight is 244 g/mol. The molecule has 1 rings (SSSR count). The Morgan fingerprint density at radius 3 is 2.94 bits per heavy atom. The van der Waals surface area contributed by atoms with Crippen LogP contribution >= 0.6 is 11.8 Å². The maximum Gasteiger partial charge on any atom is 0.433 e. The third-order valence-corrected chi connectivity index (χ3v) is 3.17. The van der Waals surface area contributed by atoms with E-state index in [4.69, 9.17) is 4.42 Å². The van der Waals surface area contributed by atoms with Crippen molar-refractivity contribution in [3.05, 3.63) is 28.0 Å². The van der Waals surface area contributed by atoms with Gasteiger partial charge in [0.25, 0.3) is 0 Å². The number of rotatable bonds is 7. The average Bonchev–Trinajstić information content (AvgIpc) is 2.72. The van der Waals surface area contributed by atoms with Crippen molar-refractivity contribution in [2.45, 2.75) is 26.4 Å². The monoisotopic (exact) mass is 244 g/mol. The lowest BCUT2D eigenvalue weighted by Crippen LogP contribution is -2.27. The minimum atomic E-state index is -0.528. The first kappa shape index (κ1) is 13.1. The maximum absolute atomic E-state index is 10.4. The number of nitro groups is 1. The van der Waals surface area contributed by atoms with Crippen LogP contribution in [0.15, 0.2) is 16.5 Å². The summed E-state index contributed by atoms with van der Waals surface area (Å²) in [4.78, 5) is 9.85. The van der Waals surface area contributed by atoms with E-state index in [9.17, 15) is 10.1 Å². The highest BCUT2D eigenvalue weighted by Gasteiger charge is 2.11. The lowest BCUT2D eigenvalue weighted by Gasteiger charge is -2.11. The highest BCUT2D eigenvalue weighted by molar-refractivity contribution is 7.99. The first-order chi connectivity index (χ1) is 7.63. The molecule has 0 aromatic carbocycles. The second-order valence-corrected chi connectivity index (χ2v) is 4.76. The first-order valence-corrected chi connectivity index (χ1v) is 6.33. The summed E-state index contributed by atoms with van der Waals surface area (Å²) in [6.07, 6.45) is 0. The second kappa shape index (κ2) is 6.55. The summed E-state index contributed by atoms with van der Waals surface area (Å²) in [5.41, 5.74) is 0. The fourth-order valence-electron chi connectivity index (χ4n) is 1.19. The van der Waals surface area contributed by atoms with E-state index in [0.29, 0.717) is 18.3 Å². The van der Waals surface area contributed by atoms with Crippen LogP contribution in [0.25, 0.3) is 0 Å². The van der Waals surface area contributed by atoms with Crippen LogP contribution in [0, 0.1) is 10.1 Å². The molecular formula is C10H16N2O3S. The molecule has 0 bridgehead atoms. The van der Waals surface area contributed by atoms with Crippen LogP contribution in [0.4, 0.5) is 5.88 Å². The quantitative estimate of drug-likeness (QED) is 0.589. The normalized spacial score (nSPS) is 12.6. The minimum absolute atomic E-state index is 0.201. The van der Waals surface area contributed by atoms with Crippen molar-refractivity contribution in [1.29, 1.82) is 0 Å². The van der Waals surface area contributed by atoms with Crippen LogP contribution < -0.4 is 5.32 Å². The Labute approximate surface area is 98.7 Å². The van der Waals surface area contributed by atoms with Gasteiger partial charge in [-0.3, -0.25) is 10.1 Å². The predicted octanol–water partition coefficient (Wildman–Crippen LogP) is 2.42. The van der Waals surface area contributed by atoms with Gasteiger partial charge < -0.3 is 9.73 Å². The smallest absolute Gasteiger partial charge is 0.404 e. The van der Waals surface area contributed by atoms with Gasteiger partial charge in [-0.25, -0.2) is 0 Å². The largest absolute Gasteiger partial charge is 0.433 e. The molecule has 90 valence electrons. The first-order valence-electron chi connectivity index (χ1n) is 5.17. The fourth-order valence-corrected chi connectivity index (χ4v) is 1.90. The zero-order valence-electron chi connectivity index (χ0n) is 9.43. The summed E-state index contributed by atoms with van der Waals surface area (Å²) in [5.74, 6) is 2.52. The lowest BCUT2D eigenvalue weighted by molar-refractivity contribution is -0.402. The van der Waals surface area contributed by atoms with Crippen molar-refractivity contribution in [1.82, 2.24) is 5.32 Å². The van der Waals surface area contributed by atoms with Crippen molar-refractivity contribution in [2.24, 2.45) is 0 Å². The van der Waals surface area contributed by atoms with E-state index in [-0.39, 0.29) is 5.88 Å². The van der Waals surface area contributed by atoms with Gasteiger partial charge in [-0.2, -0.15) is 11.8 Å². The molecular weight excluding hydrogens is 228 g/mol. The second-order valence-electron chi connectivity index (χ2n) is 3.44. The van der Waals surface area contributed by atoms with Gasteiger partial charge in [-0.15, -0.1) is 0 Å². The van der Waals surface area contributed by atoms with Crippen molar-refractivity contribution in [3.8, 4) is 0 Å². The van der Waals surface area contributed by atoms with E-state index in [1.165, 1.54) is 6.07 Å². The molecule has 0 amide bonds. The minimum Gasteiger partial charge on any atom is -0.404 e. The Hall–Kier alpha value is -1.01. The molecule has 1 N–H and O–H groups in total. The molecule has 6 heteroatoms. The number of furan rings is 1. The van der Waals surface area contributed by atoms with Crippen LogP contribution in [0.5, 0.6) is 0 Å². The molecule has 1 aromatic rings. The number of nitrogens with one attached hydrogen (secondary N) is 1. The van der Waals surface area contributed by atoms with Gasteiger partial charge >= 0.3 is 5.88 Å². The third kappa shape index (κ3) is 4.24. The molecule has 0 aliphatic heterocycles. The zero-order chi connectivity index (χ0) is 12.0. The summed E-state index contributed by atoms with van der Waals surface area (Å²) >= 11 is 1.86. The summed E-state index contributed by atoms with van der Waals surface area (Å²) in [6, 6.07) is 3.38. The molecule has 0 aliphatic carbocycles. The van der Waals surface area contributed by atoms with Gasteiger partial charge in [-0.1, -0.05) is 6.92 Å². The molecule has 1 unspecified atom stereocenters. The van der Waals surface area contributed by atoms with E-state index in [1.54, 1.807) is 6.07 Å². The predicted molar refractivity (Wildman–Crippen MR) is 64.7 cm³/mol. The summed E-state index contributed by atoms with van der Waals surface area (Å²) in [6.45, 7) is 4.73. The Morgan fingerprint density at radius 2 is 2.38 bits per heavy atom. The van der Waals surface area contributed by atoms with E-state index >= 15 is 0 Å². The fraction of sp³-hybridized carbons (Fsp3) is 0.600. The van der Waals surface area contributed by atoms with E-state index < -0.39 is 4.92 Å². The molecule has 1 aromatic heterocycles. The highest BCUT2D eigenvalue weighted by Crippen LogP contribution is 2.15. The highest BCUT2D eigenvalue weighted by atomic mass is 32.2. The summed E-state index contributed by atoms with van der Waals surface area (Å²) in [7, 11) is 0. The van der Waals surface area contributed by atoms with Crippen LogP contribution in [0.1, 0.15) is 19.6 Å². The van der Waals surface area contributed by atoms with E-state index in [0.717, 1.165) is 11.5 Å². The van der Waals surface area contributed by atoms with Crippen LogP contribution in [0.3, 0.4) is 0 Å². The molecule has 0 saturated carbocycles. The van der Waals surface area contributed by atoms with Gasteiger partial charge in [-0.05, 0) is 18.7 Å². The van der Waals surface area contributed by atoms with Gasteiger partial charge in [0.15, 0.2) is 0 Å². The van der Waals surface area contributed by atoms with E-state index in [1.807, 2.05) is 11.8 Å². The molecule has 5 nitrogen and oxygen atoms in total. The van der Waals surface area contributed by atoms with Crippen molar-refractivity contribution in [3.63, 3.8) is 0 Å². The Kier molecular flexibility index (Phi) is 5.34. The standard InChI is InChI=1S/C10H16N2O3S/c1-3-16-7-8(2)11-6-9-4-5-10(15-9)12(13)14/h4-5,8,11H,3,6-7H2,1-2H3. The van der Waals surface area contributed by atoms with Gasteiger partial charge in [0, 0.05) is 11.8 Å². The number of hydrogen-bond acceptors (Lipinski definition) is 5. The van der Waals surface area contributed by atoms with Crippen molar-refractivity contribution in [2.75, 3.05) is 11.5 Å². The number of hydrogen-bond donors (Lipinski definition) is 1. The van der Waals surface area contributed by atoms with Crippen LogP contribution in [-0.4, -0.2) is 22.5 Å². The van der Waals surface area contributed by atoms with Crippen LogP contribution in [0.2, 0.25) is 0 Å². The zero-order valence-corrected chi connectivity index (χ0v) is 10.3. The molecule has 0 fully saturated rings. The Balaban J connectivity index is 2.33. The molecule has 1 heterocycles. The number of thioether (sulfide) groups is 1. The van der Waals surface area contributed by atoms with Crippen LogP contribution in [-0.2, 0) is 6.54 Å². The molecule has 0 spiro atoms. The molecule has 16 heavy (non-hydrogen) atoms. The van der Waals surface area contributed by atoms with Gasteiger partial charge in [0.05, 0.1) is 12.6 Å². The topological polar surface area (TPSA) is 68.3 Å². The molecule has 0 aliphatic rings. The molecule has 0 saturated heterocycles. The van der Waals surface area contributed by atoms with Crippen molar-refractivity contribution >= 4 is 17.6 Å². The molecule has 0 radical (unpaired) electrons.